The van der Waals surface area contributed by atoms with Gasteiger partial charge >= 0.3 is 6.18 Å². The first-order chi connectivity index (χ1) is 7.03. The molecule has 96 valence electrons. The third-order valence-electron chi connectivity index (χ3n) is 1.70. The number of halogens is 3. The average Bonchev–Trinajstić information content (AvgIpc) is 1.99. The van der Waals surface area contributed by atoms with E-state index in [0.29, 0.717) is 0 Å². The van der Waals surface area contributed by atoms with E-state index in [1.54, 1.807) is 0 Å². The fraction of sp³-hybridized carbons (Fsp3) is 0.857. The van der Waals surface area contributed by atoms with Gasteiger partial charge in [0.15, 0.2) is 0 Å². The van der Waals surface area contributed by atoms with Crippen LogP contribution in [0.2, 0.25) is 0 Å². The fourth-order valence-electron chi connectivity index (χ4n) is 0.854. The summed E-state index contributed by atoms with van der Waals surface area (Å²) in [5, 5.41) is 6.93. The fourth-order valence-corrected chi connectivity index (χ4v) is 2.16. The molecule has 0 radical (unpaired) electrons. The Labute approximate surface area is 91.8 Å². The van der Waals surface area contributed by atoms with Crippen LogP contribution < -0.4 is 10.5 Å². The number of nitrogens with two attached hydrogens (primary N) is 1. The lowest BCUT2D eigenvalue weighted by Gasteiger charge is -2.12. The third kappa shape index (κ3) is 7.46. The van der Waals surface area contributed by atoms with Gasteiger partial charge in [0, 0.05) is 6.42 Å². The minimum absolute atomic E-state index is 0.389. The van der Waals surface area contributed by atoms with Crippen LogP contribution in [0.5, 0.6) is 0 Å². The van der Waals surface area contributed by atoms with Crippen LogP contribution in [0.1, 0.15) is 19.8 Å². The van der Waals surface area contributed by atoms with Crippen molar-refractivity contribution in [3.8, 4) is 0 Å². The average molecular weight is 261 g/mol. The van der Waals surface area contributed by atoms with Crippen LogP contribution in [0.15, 0.2) is 0 Å². The highest BCUT2D eigenvalue weighted by Gasteiger charge is 2.27. The smallest absolute Gasteiger partial charge is 0.386 e. The number of hydrogen-bond acceptors (Lipinski definition) is 3. The second-order valence-electron chi connectivity index (χ2n) is 3.33. The minimum atomic E-state index is -4.36. The second kappa shape index (κ2) is 5.48. The largest absolute Gasteiger partial charge is 0.389 e. The summed E-state index contributed by atoms with van der Waals surface area (Å²) >= 11 is 0. The lowest BCUT2D eigenvalue weighted by molar-refractivity contribution is -0.134. The van der Waals surface area contributed by atoms with E-state index in [2.05, 4.69) is 0 Å². The highest BCUT2D eigenvalue weighted by Crippen LogP contribution is 2.21. The molecule has 9 heteroatoms. The van der Waals surface area contributed by atoms with E-state index in [1.807, 2.05) is 4.72 Å². The Hall–Kier alpha value is -0.830. The normalized spacial score (nSPS) is 14.8. The summed E-state index contributed by atoms with van der Waals surface area (Å²) in [6.45, 7) is 1.34. The predicted molar refractivity (Wildman–Crippen MR) is 53.6 cm³/mol. The van der Waals surface area contributed by atoms with E-state index in [9.17, 15) is 21.6 Å². The van der Waals surface area contributed by atoms with Crippen molar-refractivity contribution in [2.24, 2.45) is 5.73 Å². The highest BCUT2D eigenvalue weighted by atomic mass is 32.2. The van der Waals surface area contributed by atoms with E-state index >= 15 is 0 Å². The van der Waals surface area contributed by atoms with Crippen molar-refractivity contribution < 1.29 is 21.6 Å². The molecule has 0 aromatic heterocycles. The van der Waals surface area contributed by atoms with Gasteiger partial charge < -0.3 is 5.73 Å². The monoisotopic (exact) mass is 261 g/mol. The zero-order valence-electron chi connectivity index (χ0n) is 8.63. The van der Waals surface area contributed by atoms with Crippen molar-refractivity contribution in [3.63, 3.8) is 0 Å². The minimum Gasteiger partial charge on any atom is -0.386 e. The van der Waals surface area contributed by atoms with Crippen LogP contribution in [-0.2, 0) is 10.0 Å². The molecule has 0 spiro atoms. The summed E-state index contributed by atoms with van der Waals surface area (Å²) in [6, 6.07) is -0.907. The van der Waals surface area contributed by atoms with Crippen LogP contribution in [-0.4, -0.2) is 32.2 Å². The Morgan fingerprint density at radius 1 is 1.50 bits per heavy atom. The Morgan fingerprint density at radius 2 is 2.00 bits per heavy atom. The van der Waals surface area contributed by atoms with Gasteiger partial charge in [0.25, 0.3) is 0 Å². The molecule has 0 bridgehead atoms. The molecule has 16 heavy (non-hydrogen) atoms. The van der Waals surface area contributed by atoms with E-state index in [4.69, 9.17) is 11.1 Å². The molecule has 4 N–H and O–H groups in total. The van der Waals surface area contributed by atoms with Crippen molar-refractivity contribution in [2.45, 2.75) is 32.0 Å². The maximum Gasteiger partial charge on any atom is 0.389 e. The lowest BCUT2D eigenvalue weighted by Crippen LogP contribution is -2.42. The Kier molecular flexibility index (Phi) is 5.20. The molecule has 0 fully saturated rings. The first-order valence-corrected chi connectivity index (χ1v) is 6.09. The third-order valence-corrected chi connectivity index (χ3v) is 3.23. The molecule has 0 saturated carbocycles. The predicted octanol–water partition coefficient (Wildman–Crippen LogP) is 0.573. The highest BCUT2D eigenvalue weighted by molar-refractivity contribution is 7.89. The quantitative estimate of drug-likeness (QED) is 0.482. The van der Waals surface area contributed by atoms with Crippen LogP contribution in [0.25, 0.3) is 0 Å². The summed E-state index contributed by atoms with van der Waals surface area (Å²) in [6.07, 6.45) is -6.02. The SMILES string of the molecule is CC(NS(=O)(=O)CCCC(F)(F)F)C(=N)N. The number of alkyl halides is 3. The van der Waals surface area contributed by atoms with Crippen molar-refractivity contribution >= 4 is 15.9 Å². The number of sulfonamides is 1. The molecule has 0 aromatic carbocycles. The molecular weight excluding hydrogens is 247 g/mol. The standard InChI is InChI=1S/C7H14F3N3O2S/c1-5(6(11)12)13-16(14,15)4-2-3-7(8,9)10/h5,13H,2-4H2,1H3,(H3,11,12). The van der Waals surface area contributed by atoms with Crippen molar-refractivity contribution in [3.05, 3.63) is 0 Å². The summed E-state index contributed by atoms with van der Waals surface area (Å²) in [7, 11) is -3.82. The summed E-state index contributed by atoms with van der Waals surface area (Å²) in [5.41, 5.74) is 5.02. The van der Waals surface area contributed by atoms with E-state index in [0.717, 1.165) is 0 Å². The van der Waals surface area contributed by atoms with Gasteiger partial charge in [0.1, 0.15) is 5.84 Å². The second-order valence-corrected chi connectivity index (χ2v) is 5.21. The van der Waals surface area contributed by atoms with Crippen LogP contribution >= 0.6 is 0 Å². The summed E-state index contributed by atoms with van der Waals surface area (Å²) in [4.78, 5) is 0. The molecule has 1 atom stereocenters. The molecular formula is C7H14F3N3O2S. The maximum absolute atomic E-state index is 11.8. The number of nitrogens with one attached hydrogen (secondary N) is 2. The van der Waals surface area contributed by atoms with Gasteiger partial charge in [-0.2, -0.15) is 13.2 Å². The number of hydrogen-bond donors (Lipinski definition) is 3. The molecule has 0 aliphatic heterocycles. The molecule has 5 nitrogen and oxygen atoms in total. The first kappa shape index (κ1) is 15.2. The van der Waals surface area contributed by atoms with Crippen molar-refractivity contribution in [1.29, 1.82) is 5.41 Å². The number of rotatable bonds is 6. The summed E-state index contributed by atoms with van der Waals surface area (Å²) in [5.74, 6) is -1.02. The van der Waals surface area contributed by atoms with Gasteiger partial charge in [-0.15, -0.1) is 0 Å². The molecule has 0 aromatic rings. The molecule has 0 aliphatic carbocycles. The van der Waals surface area contributed by atoms with Crippen molar-refractivity contribution in [2.75, 3.05) is 5.75 Å². The first-order valence-electron chi connectivity index (χ1n) is 4.44. The number of amidine groups is 1. The Balaban J connectivity index is 4.12. The van der Waals surface area contributed by atoms with E-state index < -0.39 is 40.8 Å². The van der Waals surface area contributed by atoms with Gasteiger partial charge in [-0.3, -0.25) is 5.41 Å². The van der Waals surface area contributed by atoms with Gasteiger partial charge in [-0.25, -0.2) is 13.1 Å². The van der Waals surface area contributed by atoms with Crippen LogP contribution in [0.4, 0.5) is 13.2 Å². The summed E-state index contributed by atoms with van der Waals surface area (Å²) < 4.78 is 59.7. The van der Waals surface area contributed by atoms with Gasteiger partial charge in [-0.05, 0) is 13.3 Å². The van der Waals surface area contributed by atoms with Gasteiger partial charge in [0.2, 0.25) is 10.0 Å². The maximum atomic E-state index is 11.8. The van der Waals surface area contributed by atoms with Gasteiger partial charge in [0.05, 0.1) is 11.8 Å². The van der Waals surface area contributed by atoms with Crippen molar-refractivity contribution in [1.82, 2.24) is 4.72 Å². The molecule has 0 heterocycles. The van der Waals surface area contributed by atoms with Gasteiger partial charge in [-0.1, -0.05) is 0 Å². The Morgan fingerprint density at radius 3 is 2.38 bits per heavy atom. The van der Waals surface area contributed by atoms with Crippen LogP contribution in [0, 0.1) is 5.41 Å². The molecule has 1 unspecified atom stereocenters. The zero-order valence-corrected chi connectivity index (χ0v) is 9.45. The molecule has 0 amide bonds. The topological polar surface area (TPSA) is 96.0 Å². The van der Waals surface area contributed by atoms with E-state index in [-0.39, 0.29) is 5.84 Å². The lowest BCUT2D eigenvalue weighted by atomic mass is 10.3. The van der Waals surface area contributed by atoms with Crippen LogP contribution in [0.3, 0.4) is 0 Å². The molecule has 0 rings (SSSR count). The van der Waals surface area contributed by atoms with E-state index in [1.165, 1.54) is 6.92 Å². The Bertz CT molecular complexity index is 339. The zero-order chi connectivity index (χ0) is 13.0. The molecule has 0 aliphatic rings. The molecule has 0 saturated heterocycles.